The first kappa shape index (κ1) is 12.2. The maximum Gasteiger partial charge on any atom is 0.238 e. The molecule has 0 radical (unpaired) electrons. The Morgan fingerprint density at radius 1 is 1.33 bits per heavy atom. The quantitative estimate of drug-likeness (QED) is 0.868. The van der Waals surface area contributed by atoms with Crippen molar-refractivity contribution in [2.45, 2.75) is 11.8 Å². The standard InChI is InChI=1S/C9H11NO3S2/c1-2-14-9(11)7-3-5-8(6-4-7)15(10,12)13/h3-6H,2H2,1H3,(H2,10,12,13). The van der Waals surface area contributed by atoms with E-state index in [1.165, 1.54) is 36.0 Å². The lowest BCUT2D eigenvalue weighted by Gasteiger charge is -2.00. The first-order valence-electron chi connectivity index (χ1n) is 4.25. The van der Waals surface area contributed by atoms with E-state index in [0.29, 0.717) is 11.3 Å². The largest absolute Gasteiger partial charge is 0.282 e. The summed E-state index contributed by atoms with van der Waals surface area (Å²) in [7, 11) is -3.68. The normalized spacial score (nSPS) is 11.3. The number of benzene rings is 1. The van der Waals surface area contributed by atoms with E-state index in [-0.39, 0.29) is 10.0 Å². The summed E-state index contributed by atoms with van der Waals surface area (Å²) >= 11 is 1.18. The molecule has 0 saturated carbocycles. The number of hydrogen-bond acceptors (Lipinski definition) is 4. The molecule has 0 heterocycles. The van der Waals surface area contributed by atoms with Crippen molar-refractivity contribution in [2.24, 2.45) is 5.14 Å². The van der Waals surface area contributed by atoms with Crippen molar-refractivity contribution in [3.63, 3.8) is 0 Å². The van der Waals surface area contributed by atoms with Gasteiger partial charge in [0, 0.05) is 5.56 Å². The van der Waals surface area contributed by atoms with E-state index in [1.807, 2.05) is 6.92 Å². The molecule has 6 heteroatoms. The first-order chi connectivity index (χ1) is 6.95. The van der Waals surface area contributed by atoms with E-state index in [2.05, 4.69) is 0 Å². The highest BCUT2D eigenvalue weighted by atomic mass is 32.2. The number of thioether (sulfide) groups is 1. The van der Waals surface area contributed by atoms with Gasteiger partial charge >= 0.3 is 0 Å². The van der Waals surface area contributed by atoms with Gasteiger partial charge < -0.3 is 0 Å². The molecule has 4 nitrogen and oxygen atoms in total. The molecular formula is C9H11NO3S2. The SMILES string of the molecule is CCSC(=O)c1ccc(S(N)(=O)=O)cc1. The smallest absolute Gasteiger partial charge is 0.238 e. The Labute approximate surface area is 92.9 Å². The van der Waals surface area contributed by atoms with Crippen LogP contribution in [-0.2, 0) is 10.0 Å². The molecule has 0 aliphatic rings. The van der Waals surface area contributed by atoms with Gasteiger partial charge in [0.05, 0.1) is 4.90 Å². The van der Waals surface area contributed by atoms with Crippen LogP contribution in [-0.4, -0.2) is 19.3 Å². The third kappa shape index (κ3) is 3.33. The molecule has 0 fully saturated rings. The van der Waals surface area contributed by atoms with Crippen molar-refractivity contribution in [3.8, 4) is 0 Å². The Morgan fingerprint density at radius 2 is 1.87 bits per heavy atom. The van der Waals surface area contributed by atoms with Crippen LogP contribution in [0.25, 0.3) is 0 Å². The molecule has 0 aromatic heterocycles. The zero-order chi connectivity index (χ0) is 11.5. The molecule has 0 aliphatic carbocycles. The van der Waals surface area contributed by atoms with Gasteiger partial charge in [-0.2, -0.15) is 0 Å². The number of carbonyl (C=O) groups excluding carboxylic acids is 1. The van der Waals surface area contributed by atoms with Gasteiger partial charge in [0.1, 0.15) is 0 Å². The van der Waals surface area contributed by atoms with Crippen LogP contribution in [0.2, 0.25) is 0 Å². The van der Waals surface area contributed by atoms with Crippen molar-refractivity contribution < 1.29 is 13.2 Å². The fourth-order valence-corrected chi connectivity index (χ4v) is 2.08. The van der Waals surface area contributed by atoms with E-state index in [0.717, 1.165) is 0 Å². The van der Waals surface area contributed by atoms with Gasteiger partial charge in [0.15, 0.2) is 0 Å². The number of sulfonamides is 1. The zero-order valence-corrected chi connectivity index (χ0v) is 9.77. The van der Waals surface area contributed by atoms with E-state index < -0.39 is 10.0 Å². The molecule has 1 aromatic carbocycles. The number of carbonyl (C=O) groups is 1. The Balaban J connectivity index is 2.96. The van der Waals surface area contributed by atoms with Gasteiger partial charge in [-0.05, 0) is 30.0 Å². The van der Waals surface area contributed by atoms with Crippen LogP contribution in [0.5, 0.6) is 0 Å². The van der Waals surface area contributed by atoms with Crippen molar-refractivity contribution in [2.75, 3.05) is 5.75 Å². The van der Waals surface area contributed by atoms with Crippen LogP contribution in [0.1, 0.15) is 17.3 Å². The number of rotatable bonds is 3. The second-order valence-corrected chi connectivity index (χ2v) is 5.59. The maximum absolute atomic E-state index is 11.4. The lowest BCUT2D eigenvalue weighted by atomic mass is 10.2. The average molecular weight is 245 g/mol. The summed E-state index contributed by atoms with van der Waals surface area (Å²) in [5, 5.41) is 4.85. The Kier molecular flexibility index (Phi) is 3.90. The molecule has 0 aliphatic heterocycles. The zero-order valence-electron chi connectivity index (χ0n) is 8.14. The average Bonchev–Trinajstić information content (AvgIpc) is 2.17. The minimum absolute atomic E-state index is 0.0144. The van der Waals surface area contributed by atoms with Crippen LogP contribution in [0.4, 0.5) is 0 Å². The number of primary sulfonamides is 1. The van der Waals surface area contributed by atoms with Gasteiger partial charge in [0.25, 0.3) is 0 Å². The predicted octanol–water partition coefficient (Wildman–Crippen LogP) is 1.23. The van der Waals surface area contributed by atoms with E-state index in [9.17, 15) is 13.2 Å². The highest BCUT2D eigenvalue weighted by molar-refractivity contribution is 8.14. The Bertz CT molecular complexity index is 451. The highest BCUT2D eigenvalue weighted by Gasteiger charge is 2.09. The second-order valence-electron chi connectivity index (χ2n) is 2.79. The molecule has 15 heavy (non-hydrogen) atoms. The van der Waals surface area contributed by atoms with E-state index >= 15 is 0 Å². The Morgan fingerprint density at radius 3 is 2.27 bits per heavy atom. The molecule has 1 rings (SSSR count). The molecule has 2 N–H and O–H groups in total. The topological polar surface area (TPSA) is 77.2 Å². The molecule has 0 spiro atoms. The second kappa shape index (κ2) is 4.78. The fourth-order valence-electron chi connectivity index (χ4n) is 0.995. The summed E-state index contributed by atoms with van der Waals surface area (Å²) in [6.07, 6.45) is 0. The molecule has 1 aromatic rings. The summed E-state index contributed by atoms with van der Waals surface area (Å²) in [4.78, 5) is 11.4. The summed E-state index contributed by atoms with van der Waals surface area (Å²) < 4.78 is 21.9. The Hall–Kier alpha value is -0.850. The van der Waals surface area contributed by atoms with Crippen molar-refractivity contribution in [1.82, 2.24) is 0 Å². The van der Waals surface area contributed by atoms with Crippen LogP contribution < -0.4 is 5.14 Å². The molecule has 0 amide bonds. The van der Waals surface area contributed by atoms with Gasteiger partial charge in [-0.15, -0.1) is 0 Å². The lowest BCUT2D eigenvalue weighted by Crippen LogP contribution is -2.12. The third-order valence-electron chi connectivity index (χ3n) is 1.69. The van der Waals surface area contributed by atoms with Gasteiger partial charge in [-0.25, -0.2) is 13.6 Å². The summed E-state index contributed by atoms with van der Waals surface area (Å²) in [6, 6.07) is 5.59. The third-order valence-corrected chi connectivity index (χ3v) is 3.41. The fraction of sp³-hybridized carbons (Fsp3) is 0.222. The van der Waals surface area contributed by atoms with Crippen LogP contribution in [0, 0.1) is 0 Å². The van der Waals surface area contributed by atoms with Crippen molar-refractivity contribution in [3.05, 3.63) is 29.8 Å². The molecule has 82 valence electrons. The molecule has 0 atom stereocenters. The minimum Gasteiger partial charge on any atom is -0.282 e. The van der Waals surface area contributed by atoms with Gasteiger partial charge in [-0.3, -0.25) is 4.79 Å². The summed E-state index contributed by atoms with van der Waals surface area (Å²) in [5.74, 6) is 0.690. The summed E-state index contributed by atoms with van der Waals surface area (Å²) in [6.45, 7) is 1.88. The predicted molar refractivity (Wildman–Crippen MR) is 60.3 cm³/mol. The maximum atomic E-state index is 11.4. The number of nitrogens with two attached hydrogens (primary N) is 1. The monoisotopic (exact) mass is 245 g/mol. The molecule has 0 saturated heterocycles. The summed E-state index contributed by atoms with van der Waals surface area (Å²) in [5.41, 5.74) is 0.481. The lowest BCUT2D eigenvalue weighted by molar-refractivity contribution is 0.108. The van der Waals surface area contributed by atoms with E-state index in [4.69, 9.17) is 5.14 Å². The van der Waals surface area contributed by atoms with E-state index in [1.54, 1.807) is 0 Å². The van der Waals surface area contributed by atoms with Gasteiger partial charge in [-0.1, -0.05) is 18.7 Å². The van der Waals surface area contributed by atoms with Crippen LogP contribution in [0.15, 0.2) is 29.2 Å². The van der Waals surface area contributed by atoms with Crippen LogP contribution >= 0.6 is 11.8 Å². The first-order valence-corrected chi connectivity index (χ1v) is 6.78. The van der Waals surface area contributed by atoms with Crippen molar-refractivity contribution >= 4 is 26.9 Å². The molecule has 0 unspecified atom stereocenters. The molecular weight excluding hydrogens is 234 g/mol. The van der Waals surface area contributed by atoms with Crippen LogP contribution in [0.3, 0.4) is 0 Å². The minimum atomic E-state index is -3.68. The van der Waals surface area contributed by atoms with Crippen molar-refractivity contribution in [1.29, 1.82) is 0 Å². The van der Waals surface area contributed by atoms with Gasteiger partial charge in [0.2, 0.25) is 15.1 Å². The highest BCUT2D eigenvalue weighted by Crippen LogP contribution is 2.14. The number of hydrogen-bond donors (Lipinski definition) is 1. The molecule has 0 bridgehead atoms.